The van der Waals surface area contributed by atoms with Gasteiger partial charge in [-0.05, 0) is 0 Å². The summed E-state index contributed by atoms with van der Waals surface area (Å²) in [6.07, 6.45) is 5.83. The molecule has 2 aliphatic heterocycles. The van der Waals surface area contributed by atoms with Crippen molar-refractivity contribution in [3.8, 4) is 11.5 Å². The van der Waals surface area contributed by atoms with E-state index in [0.717, 1.165) is 12.1 Å². The van der Waals surface area contributed by atoms with Gasteiger partial charge in [0.1, 0.15) is 38.3 Å². The summed E-state index contributed by atoms with van der Waals surface area (Å²) in [5, 5.41) is 21.2. The maximum absolute atomic E-state index is 10.6. The van der Waals surface area contributed by atoms with E-state index < -0.39 is 21.2 Å². The number of ether oxygens (including phenoxy) is 4. The van der Waals surface area contributed by atoms with E-state index in [1.807, 2.05) is 0 Å². The third-order valence-corrected chi connectivity index (χ3v) is 2.46. The second-order valence-electron chi connectivity index (χ2n) is 3.82. The van der Waals surface area contributed by atoms with Crippen molar-refractivity contribution in [2.75, 3.05) is 13.2 Å². The van der Waals surface area contributed by atoms with Crippen LogP contribution in [0.15, 0.2) is 37.2 Å². The molecule has 10 heteroatoms. The van der Waals surface area contributed by atoms with Gasteiger partial charge in [-0.3, -0.25) is 20.2 Å². The molecule has 3 rings (SSSR count). The van der Waals surface area contributed by atoms with Crippen LogP contribution in [0, 0.1) is 20.2 Å². The Bertz CT molecular complexity index is 577. The fourth-order valence-corrected chi connectivity index (χ4v) is 1.58. The molecule has 0 radical (unpaired) electrons. The molecule has 0 N–H and O–H groups in total. The molecule has 0 amide bonds. The van der Waals surface area contributed by atoms with Crippen molar-refractivity contribution in [1.82, 2.24) is 0 Å². The fraction of sp³-hybridized carbons (Fsp3) is 0.167. The minimum absolute atomic E-state index is 0.156. The maximum atomic E-state index is 10.6. The van der Waals surface area contributed by atoms with E-state index in [4.69, 9.17) is 9.47 Å². The second kappa shape index (κ2) is 6.92. The van der Waals surface area contributed by atoms with Crippen molar-refractivity contribution in [3.05, 3.63) is 57.4 Å². The number of hydrogen-bond acceptors (Lipinski definition) is 8. The van der Waals surface area contributed by atoms with Gasteiger partial charge < -0.3 is 18.9 Å². The molecule has 0 unspecified atom stereocenters. The van der Waals surface area contributed by atoms with E-state index in [9.17, 15) is 20.2 Å². The summed E-state index contributed by atoms with van der Waals surface area (Å²) in [6, 6.07) is 2.01. The van der Waals surface area contributed by atoms with E-state index in [1.165, 1.54) is 25.0 Å². The summed E-state index contributed by atoms with van der Waals surface area (Å²) in [7, 11) is 0. The van der Waals surface area contributed by atoms with Crippen molar-refractivity contribution in [2.45, 2.75) is 0 Å². The van der Waals surface area contributed by atoms with Crippen LogP contribution in [0.1, 0.15) is 0 Å². The van der Waals surface area contributed by atoms with Gasteiger partial charge in [-0.1, -0.05) is 0 Å². The quantitative estimate of drug-likeness (QED) is 0.601. The van der Waals surface area contributed by atoms with Gasteiger partial charge in [-0.25, -0.2) is 0 Å². The number of fused-ring (bicyclic) bond motifs is 1. The third-order valence-electron chi connectivity index (χ3n) is 2.46. The van der Waals surface area contributed by atoms with Crippen LogP contribution >= 0.6 is 0 Å². The van der Waals surface area contributed by atoms with Crippen molar-refractivity contribution in [2.24, 2.45) is 0 Å². The predicted molar refractivity (Wildman–Crippen MR) is 71.2 cm³/mol. The van der Waals surface area contributed by atoms with Crippen molar-refractivity contribution < 1.29 is 28.8 Å². The van der Waals surface area contributed by atoms with Crippen LogP contribution in [0.2, 0.25) is 0 Å². The summed E-state index contributed by atoms with van der Waals surface area (Å²) >= 11 is 0. The van der Waals surface area contributed by atoms with Gasteiger partial charge in [0.25, 0.3) is 0 Å². The minimum atomic E-state index is -0.823. The van der Waals surface area contributed by atoms with Gasteiger partial charge in [0.15, 0.2) is 11.5 Å². The molecule has 0 saturated heterocycles. The molecule has 0 spiro atoms. The molecule has 0 aromatic heterocycles. The summed E-state index contributed by atoms with van der Waals surface area (Å²) < 4.78 is 19.4. The van der Waals surface area contributed by atoms with Crippen LogP contribution in [0.5, 0.6) is 11.5 Å². The molecular weight excluding hydrogens is 300 g/mol. The van der Waals surface area contributed by atoms with Crippen LogP contribution in [-0.4, -0.2) is 23.1 Å². The highest BCUT2D eigenvalue weighted by molar-refractivity contribution is 5.62. The van der Waals surface area contributed by atoms with E-state index in [-0.39, 0.29) is 24.7 Å². The predicted octanol–water partition coefficient (Wildman–Crippen LogP) is 2.25. The van der Waals surface area contributed by atoms with E-state index in [2.05, 4.69) is 9.47 Å². The van der Waals surface area contributed by atoms with E-state index in [1.54, 1.807) is 0 Å². The molecule has 1 aromatic carbocycles. The Morgan fingerprint density at radius 2 is 1.14 bits per heavy atom. The first kappa shape index (κ1) is 15.1. The molecule has 0 atom stereocenters. The van der Waals surface area contributed by atoms with Gasteiger partial charge in [0, 0.05) is 0 Å². The lowest BCUT2D eigenvalue weighted by atomic mass is 10.2. The van der Waals surface area contributed by atoms with Crippen molar-refractivity contribution in [3.63, 3.8) is 0 Å². The minimum Gasteiger partial charge on any atom is -0.486 e. The zero-order valence-electron chi connectivity index (χ0n) is 11.0. The van der Waals surface area contributed by atoms with E-state index >= 15 is 0 Å². The Balaban J connectivity index is 0.000000246. The first-order valence-electron chi connectivity index (χ1n) is 5.93. The highest BCUT2D eigenvalue weighted by Crippen LogP contribution is 2.40. The Hall–Kier alpha value is -3.30. The molecule has 0 saturated carbocycles. The molecular formula is C12H10N2O8. The molecule has 22 heavy (non-hydrogen) atoms. The second-order valence-corrected chi connectivity index (χ2v) is 3.82. The first-order valence-corrected chi connectivity index (χ1v) is 5.93. The van der Waals surface area contributed by atoms with Gasteiger partial charge in [-0.15, -0.1) is 0 Å². The van der Waals surface area contributed by atoms with Crippen LogP contribution in [0.4, 0.5) is 11.4 Å². The highest BCUT2D eigenvalue weighted by atomic mass is 16.6. The molecule has 0 aliphatic carbocycles. The lowest BCUT2D eigenvalue weighted by Gasteiger charge is -2.17. The van der Waals surface area contributed by atoms with Crippen LogP contribution < -0.4 is 9.47 Å². The Morgan fingerprint density at radius 3 is 1.41 bits per heavy atom. The molecule has 0 fully saturated rings. The van der Waals surface area contributed by atoms with Crippen LogP contribution in [0.25, 0.3) is 0 Å². The van der Waals surface area contributed by atoms with Crippen LogP contribution in [-0.2, 0) is 9.47 Å². The summed E-state index contributed by atoms with van der Waals surface area (Å²) in [4.78, 5) is 19.6. The summed E-state index contributed by atoms with van der Waals surface area (Å²) in [5.41, 5.74) is -1.21. The maximum Gasteiger partial charge on any atom is 0.350 e. The number of nitrogens with zero attached hydrogens (tertiary/aromatic N) is 2. The number of hydrogen-bond donors (Lipinski definition) is 0. The molecule has 10 nitrogen and oxygen atoms in total. The molecule has 2 aliphatic rings. The lowest BCUT2D eigenvalue weighted by molar-refractivity contribution is -0.422. The fourth-order valence-electron chi connectivity index (χ4n) is 1.58. The number of benzene rings is 1. The van der Waals surface area contributed by atoms with Gasteiger partial charge in [0.05, 0.1) is 22.0 Å². The smallest absolute Gasteiger partial charge is 0.350 e. The Kier molecular flexibility index (Phi) is 4.75. The largest absolute Gasteiger partial charge is 0.486 e. The zero-order valence-corrected chi connectivity index (χ0v) is 11.0. The SMILES string of the molecule is C1=COC=CO1.O=[N+]([O-])c1cc2c(cc1[N+](=O)[O-])OCCO2. The van der Waals surface area contributed by atoms with Gasteiger partial charge in [-0.2, -0.15) is 0 Å². The molecule has 1 aromatic rings. The number of rotatable bonds is 2. The third kappa shape index (κ3) is 3.62. The Morgan fingerprint density at radius 1 is 0.773 bits per heavy atom. The van der Waals surface area contributed by atoms with E-state index in [0.29, 0.717) is 0 Å². The zero-order chi connectivity index (χ0) is 15.9. The topological polar surface area (TPSA) is 123 Å². The standard InChI is InChI=1S/C8H6N2O6.C4H4O2/c11-9(12)5-3-7-8(16-2-1-15-7)4-6(5)10(13)14;1-2-6-4-3-5-1/h3-4H,1-2H2;1-4H. The monoisotopic (exact) mass is 310 g/mol. The summed E-state index contributed by atoms with van der Waals surface area (Å²) in [6.45, 7) is 0.532. The number of nitro benzene ring substituents is 2. The highest BCUT2D eigenvalue weighted by Gasteiger charge is 2.29. The molecule has 0 bridgehead atoms. The van der Waals surface area contributed by atoms with Crippen molar-refractivity contribution >= 4 is 11.4 Å². The number of nitro groups is 2. The summed E-state index contributed by atoms with van der Waals surface area (Å²) in [5.74, 6) is 0.312. The Labute approximate surface area is 123 Å². The molecule has 2 heterocycles. The van der Waals surface area contributed by atoms with Crippen molar-refractivity contribution in [1.29, 1.82) is 0 Å². The first-order chi connectivity index (χ1) is 10.6. The van der Waals surface area contributed by atoms with Crippen LogP contribution in [0.3, 0.4) is 0 Å². The molecule has 116 valence electrons. The average molecular weight is 310 g/mol. The van der Waals surface area contributed by atoms with Gasteiger partial charge in [0.2, 0.25) is 0 Å². The lowest BCUT2D eigenvalue weighted by Crippen LogP contribution is -2.15. The normalized spacial score (nSPS) is 14.0. The van der Waals surface area contributed by atoms with Gasteiger partial charge >= 0.3 is 11.4 Å². The average Bonchev–Trinajstić information content (AvgIpc) is 2.55.